The van der Waals surface area contributed by atoms with Crippen LogP contribution >= 0.6 is 0 Å². The Labute approximate surface area is 122 Å². The van der Waals surface area contributed by atoms with Gasteiger partial charge in [0.25, 0.3) is 0 Å². The molecule has 0 bridgehead atoms. The number of rotatable bonds is 6. The Kier molecular flexibility index (Phi) is 5.72. The highest BCUT2D eigenvalue weighted by atomic mass is 16.2. The molecule has 0 aliphatic rings. The lowest BCUT2D eigenvalue weighted by Crippen LogP contribution is -2.50. The molecule has 0 heterocycles. The van der Waals surface area contributed by atoms with Gasteiger partial charge in [0, 0.05) is 19.6 Å². The predicted octanol–water partition coefficient (Wildman–Crippen LogP) is 1.69. The Hall–Kier alpha value is -1.39. The van der Waals surface area contributed by atoms with E-state index in [0.717, 1.165) is 12.0 Å². The minimum Gasteiger partial charge on any atom is -0.344 e. The second-order valence-electron chi connectivity index (χ2n) is 5.99. The quantitative estimate of drug-likeness (QED) is 0.831. The van der Waals surface area contributed by atoms with Crippen molar-refractivity contribution in [1.82, 2.24) is 4.90 Å². The molecule has 0 aliphatic carbocycles. The maximum absolute atomic E-state index is 12.5. The average Bonchev–Trinajstić information content (AvgIpc) is 2.44. The minimum atomic E-state index is -1.00. The number of nitrogens with zero attached hydrogens (tertiary/aromatic N) is 1. The number of carbonyl (C=O) groups excluding carboxylic acids is 1. The zero-order valence-corrected chi connectivity index (χ0v) is 13.0. The molecule has 1 amide bonds. The minimum absolute atomic E-state index is 0.0837. The molecule has 4 nitrogen and oxygen atoms in total. The Morgan fingerprint density at radius 3 is 2.35 bits per heavy atom. The third-order valence-electron chi connectivity index (χ3n) is 3.82. The van der Waals surface area contributed by atoms with Crippen molar-refractivity contribution in [1.29, 1.82) is 0 Å². The van der Waals surface area contributed by atoms with Crippen LogP contribution in [0.15, 0.2) is 30.3 Å². The summed E-state index contributed by atoms with van der Waals surface area (Å²) in [4.78, 5) is 14.2. The summed E-state index contributed by atoms with van der Waals surface area (Å²) in [6.45, 7) is 6.55. The molecular weight excluding hydrogens is 250 g/mol. The van der Waals surface area contributed by atoms with Gasteiger partial charge in [0.1, 0.15) is 5.54 Å². The van der Waals surface area contributed by atoms with E-state index in [1.165, 1.54) is 0 Å². The van der Waals surface area contributed by atoms with E-state index in [0.29, 0.717) is 12.5 Å². The van der Waals surface area contributed by atoms with Crippen LogP contribution in [-0.2, 0) is 10.3 Å². The first-order valence-electron chi connectivity index (χ1n) is 7.12. The molecule has 0 saturated heterocycles. The number of nitrogens with two attached hydrogens (primary N) is 2. The molecule has 0 aromatic heterocycles. The van der Waals surface area contributed by atoms with Gasteiger partial charge in [0.15, 0.2) is 0 Å². The summed E-state index contributed by atoms with van der Waals surface area (Å²) >= 11 is 0. The maximum atomic E-state index is 12.5. The van der Waals surface area contributed by atoms with Crippen LogP contribution in [0.3, 0.4) is 0 Å². The molecule has 2 unspecified atom stereocenters. The van der Waals surface area contributed by atoms with Crippen molar-refractivity contribution in [3.8, 4) is 0 Å². The molecule has 0 aliphatic heterocycles. The Balaban J connectivity index is 2.69. The standard InChI is InChI=1S/C16H27N3O/c1-12(2)14(17)10-11-19(4)15(20)16(3,18)13-8-6-5-7-9-13/h5-9,12,14H,10-11,17-18H2,1-4H3. The zero-order chi connectivity index (χ0) is 15.3. The third kappa shape index (κ3) is 4.05. The number of carbonyl (C=O) groups is 1. The van der Waals surface area contributed by atoms with Gasteiger partial charge in [-0.2, -0.15) is 0 Å². The maximum Gasteiger partial charge on any atom is 0.246 e. The van der Waals surface area contributed by atoms with E-state index in [2.05, 4.69) is 13.8 Å². The lowest BCUT2D eigenvalue weighted by Gasteiger charge is -2.30. The molecule has 0 fully saturated rings. The molecule has 1 rings (SSSR count). The van der Waals surface area contributed by atoms with Gasteiger partial charge in [-0.25, -0.2) is 0 Å². The summed E-state index contributed by atoms with van der Waals surface area (Å²) < 4.78 is 0. The van der Waals surface area contributed by atoms with Crippen molar-refractivity contribution in [2.75, 3.05) is 13.6 Å². The van der Waals surface area contributed by atoms with Gasteiger partial charge in [-0.15, -0.1) is 0 Å². The van der Waals surface area contributed by atoms with Gasteiger partial charge in [-0.05, 0) is 24.8 Å². The fourth-order valence-electron chi connectivity index (χ4n) is 2.08. The highest BCUT2D eigenvalue weighted by Gasteiger charge is 2.32. The summed E-state index contributed by atoms with van der Waals surface area (Å²) in [5.74, 6) is 0.330. The molecule has 2 atom stereocenters. The van der Waals surface area contributed by atoms with E-state index >= 15 is 0 Å². The van der Waals surface area contributed by atoms with Gasteiger partial charge >= 0.3 is 0 Å². The van der Waals surface area contributed by atoms with Crippen molar-refractivity contribution >= 4 is 5.91 Å². The normalized spacial score (nSPS) is 15.8. The van der Waals surface area contributed by atoms with Crippen molar-refractivity contribution in [2.45, 2.75) is 38.8 Å². The van der Waals surface area contributed by atoms with E-state index < -0.39 is 5.54 Å². The van der Waals surface area contributed by atoms with Crippen molar-refractivity contribution in [3.63, 3.8) is 0 Å². The first-order chi connectivity index (χ1) is 9.26. The molecule has 1 aromatic carbocycles. The summed E-state index contributed by atoms with van der Waals surface area (Å²) in [6.07, 6.45) is 0.783. The van der Waals surface area contributed by atoms with Crippen LogP contribution in [0, 0.1) is 5.92 Å². The molecule has 4 N–H and O–H groups in total. The monoisotopic (exact) mass is 277 g/mol. The highest BCUT2D eigenvalue weighted by Crippen LogP contribution is 2.20. The first kappa shape index (κ1) is 16.7. The third-order valence-corrected chi connectivity index (χ3v) is 3.82. The van der Waals surface area contributed by atoms with E-state index in [4.69, 9.17) is 11.5 Å². The number of hydrogen-bond donors (Lipinski definition) is 2. The van der Waals surface area contributed by atoms with Crippen LogP contribution in [0.25, 0.3) is 0 Å². The summed E-state index contributed by atoms with van der Waals surface area (Å²) in [6, 6.07) is 9.56. The molecule has 0 spiro atoms. The number of hydrogen-bond acceptors (Lipinski definition) is 3. The fraction of sp³-hybridized carbons (Fsp3) is 0.562. The van der Waals surface area contributed by atoms with Crippen molar-refractivity contribution < 1.29 is 4.79 Å². The first-order valence-corrected chi connectivity index (χ1v) is 7.12. The second kappa shape index (κ2) is 6.86. The second-order valence-corrected chi connectivity index (χ2v) is 5.99. The molecule has 4 heteroatoms. The summed E-state index contributed by atoms with van der Waals surface area (Å²) in [5, 5.41) is 0. The van der Waals surface area contributed by atoms with Crippen LogP contribution in [0.5, 0.6) is 0 Å². The van der Waals surface area contributed by atoms with E-state index in [9.17, 15) is 4.79 Å². The molecule has 20 heavy (non-hydrogen) atoms. The predicted molar refractivity (Wildman–Crippen MR) is 83.0 cm³/mol. The lowest BCUT2D eigenvalue weighted by atomic mass is 9.91. The van der Waals surface area contributed by atoms with Crippen LogP contribution < -0.4 is 11.5 Å². The van der Waals surface area contributed by atoms with Gasteiger partial charge in [0.2, 0.25) is 5.91 Å². The highest BCUT2D eigenvalue weighted by molar-refractivity contribution is 5.86. The topological polar surface area (TPSA) is 72.3 Å². The van der Waals surface area contributed by atoms with Crippen LogP contribution in [0.1, 0.15) is 32.8 Å². The smallest absolute Gasteiger partial charge is 0.246 e. The molecular formula is C16H27N3O. The molecule has 112 valence electrons. The van der Waals surface area contributed by atoms with Crippen molar-refractivity contribution in [2.24, 2.45) is 17.4 Å². The largest absolute Gasteiger partial charge is 0.344 e. The Morgan fingerprint density at radius 2 is 1.85 bits per heavy atom. The van der Waals surface area contributed by atoms with Gasteiger partial charge in [-0.1, -0.05) is 44.2 Å². The number of benzene rings is 1. The summed E-state index contributed by atoms with van der Waals surface area (Å²) in [7, 11) is 1.78. The Morgan fingerprint density at radius 1 is 1.30 bits per heavy atom. The Bertz CT molecular complexity index is 429. The van der Waals surface area contributed by atoms with Gasteiger partial charge in [0.05, 0.1) is 0 Å². The fourth-order valence-corrected chi connectivity index (χ4v) is 2.08. The summed E-state index contributed by atoms with van der Waals surface area (Å²) in [5.41, 5.74) is 12.1. The van der Waals surface area contributed by atoms with Gasteiger partial charge < -0.3 is 16.4 Å². The SMILES string of the molecule is CC(C)C(N)CCN(C)C(=O)C(C)(N)c1ccccc1. The number of amides is 1. The van der Waals surface area contributed by atoms with Crippen LogP contribution in [0.2, 0.25) is 0 Å². The van der Waals surface area contributed by atoms with E-state index in [-0.39, 0.29) is 11.9 Å². The average molecular weight is 277 g/mol. The van der Waals surface area contributed by atoms with E-state index in [1.54, 1.807) is 18.9 Å². The molecule has 0 radical (unpaired) electrons. The van der Waals surface area contributed by atoms with Crippen molar-refractivity contribution in [3.05, 3.63) is 35.9 Å². The number of likely N-dealkylation sites (N-methyl/N-ethyl adjacent to an activating group) is 1. The zero-order valence-electron chi connectivity index (χ0n) is 13.0. The van der Waals surface area contributed by atoms with Gasteiger partial charge in [-0.3, -0.25) is 4.79 Å². The molecule has 1 aromatic rings. The molecule has 0 saturated carbocycles. The van der Waals surface area contributed by atoms with E-state index in [1.807, 2.05) is 30.3 Å². The van der Waals surface area contributed by atoms with Crippen LogP contribution in [-0.4, -0.2) is 30.4 Å². The lowest BCUT2D eigenvalue weighted by molar-refractivity contribution is -0.135. The van der Waals surface area contributed by atoms with Crippen LogP contribution in [0.4, 0.5) is 0 Å².